The normalized spacial score (nSPS) is 11.2. The van der Waals surface area contributed by atoms with Crippen molar-refractivity contribution in [2.24, 2.45) is 5.84 Å². The van der Waals surface area contributed by atoms with E-state index in [9.17, 15) is 13.2 Å². The molecule has 0 saturated carbocycles. The Labute approximate surface area is 97.8 Å². The number of hydrogen-bond acceptors (Lipinski definition) is 4. The standard InChI is InChI=1S/C8H10ClN3O3S/c1-5(13)11-6-2-3-8(7(9)4-6)16(14,15)12-10/h2-4,12H,10H2,1H3,(H,11,13). The largest absolute Gasteiger partial charge is 0.326 e. The van der Waals surface area contributed by atoms with Crippen LogP contribution in [0.5, 0.6) is 0 Å². The number of benzene rings is 1. The van der Waals surface area contributed by atoms with Gasteiger partial charge in [0, 0.05) is 12.6 Å². The van der Waals surface area contributed by atoms with Crippen LogP contribution in [-0.2, 0) is 14.8 Å². The fourth-order valence-electron chi connectivity index (χ4n) is 1.06. The van der Waals surface area contributed by atoms with E-state index in [1.165, 1.54) is 25.1 Å². The van der Waals surface area contributed by atoms with Gasteiger partial charge < -0.3 is 5.32 Å². The number of hydrazine groups is 1. The molecule has 1 aromatic rings. The molecule has 1 aromatic carbocycles. The molecule has 1 amide bonds. The fourth-order valence-corrected chi connectivity index (χ4v) is 2.24. The maximum absolute atomic E-state index is 11.3. The van der Waals surface area contributed by atoms with Gasteiger partial charge >= 0.3 is 0 Å². The summed E-state index contributed by atoms with van der Waals surface area (Å²) in [7, 11) is -3.79. The molecule has 0 atom stereocenters. The van der Waals surface area contributed by atoms with Crippen molar-refractivity contribution in [1.82, 2.24) is 4.83 Å². The number of halogens is 1. The lowest BCUT2D eigenvalue weighted by Crippen LogP contribution is -2.30. The maximum atomic E-state index is 11.3. The molecule has 16 heavy (non-hydrogen) atoms. The van der Waals surface area contributed by atoms with E-state index in [1.54, 1.807) is 4.83 Å². The number of nitrogens with two attached hydrogens (primary N) is 1. The summed E-state index contributed by atoms with van der Waals surface area (Å²) in [6.45, 7) is 1.33. The lowest BCUT2D eigenvalue weighted by Gasteiger charge is -2.07. The van der Waals surface area contributed by atoms with E-state index in [1.807, 2.05) is 0 Å². The van der Waals surface area contributed by atoms with Gasteiger partial charge in [0.05, 0.1) is 5.02 Å². The Kier molecular flexibility index (Phi) is 3.87. The highest BCUT2D eigenvalue weighted by molar-refractivity contribution is 7.89. The molecule has 0 saturated heterocycles. The van der Waals surface area contributed by atoms with E-state index < -0.39 is 10.0 Å². The van der Waals surface area contributed by atoms with Gasteiger partial charge in [0.2, 0.25) is 5.91 Å². The molecule has 4 N–H and O–H groups in total. The highest BCUT2D eigenvalue weighted by atomic mass is 35.5. The molecule has 8 heteroatoms. The average Bonchev–Trinajstić information content (AvgIpc) is 2.16. The van der Waals surface area contributed by atoms with E-state index in [0.717, 1.165) is 0 Å². The Morgan fingerprint density at radius 2 is 2.06 bits per heavy atom. The zero-order valence-electron chi connectivity index (χ0n) is 8.32. The maximum Gasteiger partial charge on any atom is 0.254 e. The number of carbonyl (C=O) groups excluding carboxylic acids is 1. The number of carbonyl (C=O) groups is 1. The van der Waals surface area contributed by atoms with Crippen LogP contribution in [0.15, 0.2) is 23.1 Å². The number of rotatable bonds is 3. The molecule has 88 valence electrons. The molecule has 0 aromatic heterocycles. The number of hydrogen-bond donors (Lipinski definition) is 3. The Bertz CT molecular complexity index is 515. The first-order valence-corrected chi connectivity index (χ1v) is 6.02. The van der Waals surface area contributed by atoms with Gasteiger partial charge in [-0.3, -0.25) is 10.6 Å². The van der Waals surface area contributed by atoms with Crippen molar-refractivity contribution < 1.29 is 13.2 Å². The first kappa shape index (κ1) is 12.9. The molecule has 0 aliphatic carbocycles. The number of anilines is 1. The summed E-state index contributed by atoms with van der Waals surface area (Å²) in [5, 5.41) is 2.45. The summed E-state index contributed by atoms with van der Waals surface area (Å²) in [4.78, 5) is 12.3. The smallest absolute Gasteiger partial charge is 0.254 e. The fraction of sp³-hybridized carbons (Fsp3) is 0.125. The predicted octanol–water partition coefficient (Wildman–Crippen LogP) is 0.450. The first-order chi connectivity index (χ1) is 7.36. The van der Waals surface area contributed by atoms with Crippen molar-refractivity contribution in [2.75, 3.05) is 5.32 Å². The second-order valence-corrected chi connectivity index (χ2v) is 5.04. The monoisotopic (exact) mass is 263 g/mol. The Balaban J connectivity index is 3.15. The van der Waals surface area contributed by atoms with Crippen molar-refractivity contribution in [3.8, 4) is 0 Å². The van der Waals surface area contributed by atoms with Crippen LogP contribution in [-0.4, -0.2) is 14.3 Å². The molecular weight excluding hydrogens is 254 g/mol. The quantitative estimate of drug-likeness (QED) is 0.544. The summed E-state index contributed by atoms with van der Waals surface area (Å²) in [6, 6.07) is 3.99. The topological polar surface area (TPSA) is 101 Å². The van der Waals surface area contributed by atoms with Crippen molar-refractivity contribution in [2.45, 2.75) is 11.8 Å². The summed E-state index contributed by atoms with van der Waals surface area (Å²) in [5.41, 5.74) is 0.411. The first-order valence-electron chi connectivity index (χ1n) is 4.16. The molecule has 0 radical (unpaired) electrons. The van der Waals surface area contributed by atoms with Gasteiger partial charge in [0.1, 0.15) is 4.90 Å². The van der Waals surface area contributed by atoms with Gasteiger partial charge in [0.15, 0.2) is 0 Å². The zero-order chi connectivity index (χ0) is 12.3. The molecule has 1 rings (SSSR count). The number of nitrogens with one attached hydrogen (secondary N) is 2. The van der Waals surface area contributed by atoms with Gasteiger partial charge in [-0.2, -0.15) is 4.83 Å². The average molecular weight is 264 g/mol. The van der Waals surface area contributed by atoms with Crippen LogP contribution < -0.4 is 16.0 Å². The van der Waals surface area contributed by atoms with Crippen LogP contribution in [0, 0.1) is 0 Å². The highest BCUT2D eigenvalue weighted by Gasteiger charge is 2.16. The van der Waals surface area contributed by atoms with E-state index in [-0.39, 0.29) is 15.8 Å². The van der Waals surface area contributed by atoms with Crippen molar-refractivity contribution in [3.05, 3.63) is 23.2 Å². The van der Waals surface area contributed by atoms with Gasteiger partial charge in [-0.1, -0.05) is 11.6 Å². The lowest BCUT2D eigenvalue weighted by molar-refractivity contribution is -0.114. The van der Waals surface area contributed by atoms with E-state index >= 15 is 0 Å². The Morgan fingerprint density at radius 3 is 2.50 bits per heavy atom. The third kappa shape index (κ3) is 2.92. The van der Waals surface area contributed by atoms with Gasteiger partial charge in [-0.05, 0) is 18.2 Å². The van der Waals surface area contributed by atoms with Crippen LogP contribution in [0.25, 0.3) is 0 Å². The predicted molar refractivity (Wildman–Crippen MR) is 60.3 cm³/mol. The van der Waals surface area contributed by atoms with Crippen molar-refractivity contribution in [1.29, 1.82) is 0 Å². The third-order valence-electron chi connectivity index (χ3n) is 1.70. The number of amides is 1. The molecule has 0 aliphatic rings. The van der Waals surface area contributed by atoms with Crippen LogP contribution in [0.2, 0.25) is 5.02 Å². The minimum atomic E-state index is -3.79. The minimum absolute atomic E-state index is 0.0239. The highest BCUT2D eigenvalue weighted by Crippen LogP contribution is 2.24. The summed E-state index contributed by atoms with van der Waals surface area (Å²) in [5.74, 6) is 4.59. The SMILES string of the molecule is CC(=O)Nc1ccc(S(=O)(=O)NN)c(Cl)c1. The second kappa shape index (κ2) is 4.79. The minimum Gasteiger partial charge on any atom is -0.326 e. The molecular formula is C8H10ClN3O3S. The molecule has 0 unspecified atom stereocenters. The van der Waals surface area contributed by atoms with Gasteiger partial charge in [-0.25, -0.2) is 8.42 Å². The zero-order valence-corrected chi connectivity index (χ0v) is 9.89. The molecule has 6 nitrogen and oxygen atoms in total. The van der Waals surface area contributed by atoms with E-state index in [2.05, 4.69) is 5.32 Å². The molecule has 0 spiro atoms. The number of sulfonamides is 1. The van der Waals surface area contributed by atoms with Crippen LogP contribution >= 0.6 is 11.6 Å². The summed E-state index contributed by atoms with van der Waals surface area (Å²) in [6.07, 6.45) is 0. The molecule has 0 fully saturated rings. The van der Waals surface area contributed by atoms with Gasteiger partial charge in [-0.15, -0.1) is 0 Å². The van der Waals surface area contributed by atoms with Crippen LogP contribution in [0.1, 0.15) is 6.92 Å². The van der Waals surface area contributed by atoms with E-state index in [4.69, 9.17) is 17.4 Å². The lowest BCUT2D eigenvalue weighted by atomic mass is 10.3. The second-order valence-electron chi connectivity index (χ2n) is 2.95. The van der Waals surface area contributed by atoms with Crippen LogP contribution in [0.4, 0.5) is 5.69 Å². The summed E-state index contributed by atoms with van der Waals surface area (Å²) < 4.78 is 22.7. The molecule has 0 heterocycles. The van der Waals surface area contributed by atoms with Crippen LogP contribution in [0.3, 0.4) is 0 Å². The van der Waals surface area contributed by atoms with Gasteiger partial charge in [0.25, 0.3) is 10.0 Å². The van der Waals surface area contributed by atoms with Crippen molar-refractivity contribution >= 4 is 33.2 Å². The van der Waals surface area contributed by atoms with Crippen molar-refractivity contribution in [3.63, 3.8) is 0 Å². The third-order valence-corrected chi connectivity index (χ3v) is 3.37. The molecule has 0 bridgehead atoms. The Hall–Kier alpha value is -1.15. The van der Waals surface area contributed by atoms with E-state index in [0.29, 0.717) is 5.69 Å². The Morgan fingerprint density at radius 1 is 1.44 bits per heavy atom. The summed E-state index contributed by atoms with van der Waals surface area (Å²) >= 11 is 5.75. The molecule has 0 aliphatic heterocycles.